The molecule has 0 spiro atoms. The van der Waals surface area contributed by atoms with Crippen LogP contribution in [-0.2, 0) is 22.7 Å². The predicted molar refractivity (Wildman–Crippen MR) is 167 cm³/mol. The van der Waals surface area contributed by atoms with Crippen LogP contribution in [0.2, 0.25) is 5.02 Å². The van der Waals surface area contributed by atoms with E-state index in [2.05, 4.69) is 32.7 Å². The van der Waals surface area contributed by atoms with Gasteiger partial charge in [0.05, 0.1) is 0 Å². The zero-order chi connectivity index (χ0) is 30.5. The van der Waals surface area contributed by atoms with Crippen LogP contribution >= 0.6 is 11.6 Å². The summed E-state index contributed by atoms with van der Waals surface area (Å²) >= 11 is 6.68. The second-order valence-corrected chi connectivity index (χ2v) is 12.9. The minimum absolute atomic E-state index is 0.0105. The van der Waals surface area contributed by atoms with Crippen molar-refractivity contribution < 1.29 is 19.2 Å². The lowest BCUT2D eigenvalue weighted by Gasteiger charge is -2.32. The minimum atomic E-state index is -0.617. The van der Waals surface area contributed by atoms with Crippen LogP contribution in [0, 0.1) is 6.92 Å². The molecule has 0 radical (unpaired) electrons. The first-order chi connectivity index (χ1) is 21.3. The third-order valence-electron chi connectivity index (χ3n) is 9.84. The molecule has 7 rings (SSSR count). The Morgan fingerprint density at radius 2 is 1.77 bits per heavy atom. The van der Waals surface area contributed by atoms with Gasteiger partial charge in [-0.3, -0.25) is 29.4 Å². The van der Waals surface area contributed by atoms with Crippen LogP contribution in [0.1, 0.15) is 74.7 Å². The van der Waals surface area contributed by atoms with Crippen LogP contribution < -0.4 is 10.6 Å². The van der Waals surface area contributed by atoms with Crippen molar-refractivity contribution in [3.05, 3.63) is 68.9 Å². The molecule has 230 valence electrons. The average molecular weight is 617 g/mol. The molecule has 0 aliphatic carbocycles. The van der Waals surface area contributed by atoms with Crippen LogP contribution in [0.3, 0.4) is 0 Å². The average Bonchev–Trinajstić information content (AvgIpc) is 3.52. The van der Waals surface area contributed by atoms with Gasteiger partial charge in [-0.1, -0.05) is 23.7 Å². The first-order valence-corrected chi connectivity index (χ1v) is 15.9. The molecule has 3 N–H and O–H groups in total. The van der Waals surface area contributed by atoms with E-state index in [1.807, 2.05) is 30.0 Å². The number of carbonyl (C=O) groups excluding carboxylic acids is 4. The second kappa shape index (κ2) is 11.6. The number of benzene rings is 2. The van der Waals surface area contributed by atoms with E-state index in [0.29, 0.717) is 42.3 Å². The number of aromatic amines is 1. The van der Waals surface area contributed by atoms with E-state index in [4.69, 9.17) is 11.6 Å². The monoisotopic (exact) mass is 616 g/mol. The maximum absolute atomic E-state index is 13.7. The highest BCUT2D eigenvalue weighted by Crippen LogP contribution is 2.35. The lowest BCUT2D eigenvalue weighted by molar-refractivity contribution is -0.136. The summed E-state index contributed by atoms with van der Waals surface area (Å²) in [5, 5.41) is 7.49. The van der Waals surface area contributed by atoms with E-state index in [9.17, 15) is 19.2 Å². The molecule has 10 nitrogen and oxygen atoms in total. The molecule has 3 saturated heterocycles. The van der Waals surface area contributed by atoms with Crippen molar-refractivity contribution in [2.45, 2.75) is 57.7 Å². The number of likely N-dealkylation sites (tertiary alicyclic amines) is 1. The number of halogens is 1. The lowest BCUT2D eigenvalue weighted by Crippen LogP contribution is -2.52. The van der Waals surface area contributed by atoms with E-state index in [-0.39, 0.29) is 30.1 Å². The van der Waals surface area contributed by atoms with Crippen molar-refractivity contribution >= 4 is 46.1 Å². The van der Waals surface area contributed by atoms with E-state index in [1.165, 1.54) is 0 Å². The molecule has 4 aliphatic heterocycles. The Hall–Kier alpha value is -3.73. The number of carbonyl (C=O) groups is 4. The maximum atomic E-state index is 13.7. The molecule has 5 heterocycles. The summed E-state index contributed by atoms with van der Waals surface area (Å²) in [4.78, 5) is 60.0. The number of fused-ring (bicyclic) bond motifs is 2. The van der Waals surface area contributed by atoms with Gasteiger partial charge in [-0.25, -0.2) is 0 Å². The molecule has 11 heteroatoms. The molecule has 4 aliphatic rings. The standard InChI is InChI=1S/C33H37ClN6O4/c1-19-25-15-23(17-38-12-8-35-9-13-38)26(34)16-27(25)36-30(19)33(44)39-10-6-20(7-11-39)21-2-3-24-22(14-21)18-40(32(24)43)28-4-5-29(41)37-31(28)42/h2-3,14-16,20,28,35-36H,4-13,17-18H2,1H3,(H,37,41,42). The van der Waals surface area contributed by atoms with Crippen molar-refractivity contribution in [3.8, 4) is 0 Å². The van der Waals surface area contributed by atoms with Crippen molar-refractivity contribution in [2.75, 3.05) is 39.3 Å². The van der Waals surface area contributed by atoms with E-state index < -0.39 is 11.9 Å². The molecule has 1 unspecified atom stereocenters. The van der Waals surface area contributed by atoms with Crippen LogP contribution in [0.25, 0.3) is 10.9 Å². The molecular formula is C33H37ClN6O4. The molecule has 44 heavy (non-hydrogen) atoms. The first kappa shape index (κ1) is 29.0. The number of aryl methyl sites for hydroxylation is 1. The van der Waals surface area contributed by atoms with E-state index in [1.54, 1.807) is 4.90 Å². The molecule has 4 amide bonds. The number of amides is 4. The van der Waals surface area contributed by atoms with Crippen molar-refractivity contribution in [3.63, 3.8) is 0 Å². The number of H-pyrrole nitrogens is 1. The molecule has 1 aromatic heterocycles. The third kappa shape index (κ3) is 5.29. The number of hydrogen-bond acceptors (Lipinski definition) is 6. The Kier molecular flexibility index (Phi) is 7.68. The van der Waals surface area contributed by atoms with Gasteiger partial charge < -0.3 is 20.1 Å². The number of nitrogens with zero attached hydrogens (tertiary/aromatic N) is 3. The summed E-state index contributed by atoms with van der Waals surface area (Å²) in [6.45, 7) is 8.40. The summed E-state index contributed by atoms with van der Waals surface area (Å²) in [6, 6.07) is 9.43. The fourth-order valence-electron chi connectivity index (χ4n) is 7.26. The van der Waals surface area contributed by atoms with Crippen LogP contribution in [0.15, 0.2) is 30.3 Å². The largest absolute Gasteiger partial charge is 0.350 e. The fraction of sp³-hybridized carbons (Fsp3) is 0.455. The van der Waals surface area contributed by atoms with Crippen molar-refractivity contribution in [2.24, 2.45) is 0 Å². The van der Waals surface area contributed by atoms with Crippen LogP contribution in [-0.4, -0.2) is 88.6 Å². The zero-order valence-corrected chi connectivity index (χ0v) is 25.6. The number of nitrogens with one attached hydrogen (secondary N) is 3. The van der Waals surface area contributed by atoms with Gasteiger partial charge in [0.1, 0.15) is 11.7 Å². The highest BCUT2D eigenvalue weighted by Gasteiger charge is 2.39. The Balaban J connectivity index is 1.01. The highest BCUT2D eigenvalue weighted by atomic mass is 35.5. The molecule has 2 aromatic carbocycles. The molecule has 0 bridgehead atoms. The smallest absolute Gasteiger partial charge is 0.270 e. The first-order valence-electron chi connectivity index (χ1n) is 15.6. The predicted octanol–water partition coefficient (Wildman–Crippen LogP) is 3.32. The number of piperidine rings is 2. The second-order valence-electron chi connectivity index (χ2n) is 12.5. The van der Waals surface area contributed by atoms with Gasteiger partial charge in [-0.05, 0) is 72.6 Å². The fourth-order valence-corrected chi connectivity index (χ4v) is 7.49. The minimum Gasteiger partial charge on any atom is -0.350 e. The molecular weight excluding hydrogens is 580 g/mol. The van der Waals surface area contributed by atoms with Gasteiger partial charge in [-0.2, -0.15) is 0 Å². The van der Waals surface area contributed by atoms with Crippen LogP contribution in [0.4, 0.5) is 0 Å². The number of piperazine rings is 1. The zero-order valence-electron chi connectivity index (χ0n) is 24.9. The summed E-state index contributed by atoms with van der Waals surface area (Å²) in [5.41, 5.74) is 6.24. The van der Waals surface area contributed by atoms with Gasteiger partial charge in [-0.15, -0.1) is 0 Å². The number of imide groups is 1. The van der Waals surface area contributed by atoms with E-state index >= 15 is 0 Å². The Morgan fingerprint density at radius 1 is 1.00 bits per heavy atom. The topological polar surface area (TPSA) is 118 Å². The lowest BCUT2D eigenvalue weighted by atomic mass is 9.87. The van der Waals surface area contributed by atoms with Gasteiger partial charge in [0, 0.05) is 80.3 Å². The van der Waals surface area contributed by atoms with E-state index in [0.717, 1.165) is 78.7 Å². The number of aromatic nitrogens is 1. The molecule has 1 atom stereocenters. The molecule has 0 saturated carbocycles. The molecule has 3 aromatic rings. The highest BCUT2D eigenvalue weighted by molar-refractivity contribution is 6.32. The van der Waals surface area contributed by atoms with Crippen LogP contribution in [0.5, 0.6) is 0 Å². The van der Waals surface area contributed by atoms with Gasteiger partial charge in [0.15, 0.2) is 0 Å². The summed E-state index contributed by atoms with van der Waals surface area (Å²) in [5.74, 6) is -0.561. The third-order valence-corrected chi connectivity index (χ3v) is 10.2. The van der Waals surface area contributed by atoms with Gasteiger partial charge >= 0.3 is 0 Å². The Morgan fingerprint density at radius 3 is 2.52 bits per heavy atom. The van der Waals surface area contributed by atoms with Gasteiger partial charge in [0.25, 0.3) is 11.8 Å². The summed E-state index contributed by atoms with van der Waals surface area (Å²) < 4.78 is 0. The number of hydrogen-bond donors (Lipinski definition) is 3. The SMILES string of the molecule is Cc1c(C(=O)N2CCC(c3ccc4c(c3)CN(C3CCC(=O)NC3=O)C4=O)CC2)[nH]c2cc(Cl)c(CN3CCNCC3)cc12. The maximum Gasteiger partial charge on any atom is 0.270 e. The number of rotatable bonds is 5. The quantitative estimate of drug-likeness (QED) is 0.379. The Bertz CT molecular complexity index is 1670. The summed E-state index contributed by atoms with van der Waals surface area (Å²) in [7, 11) is 0. The Labute approximate surface area is 261 Å². The van der Waals surface area contributed by atoms with Crippen molar-refractivity contribution in [1.82, 2.24) is 30.3 Å². The normalized spacial score (nSPS) is 21.7. The summed E-state index contributed by atoms with van der Waals surface area (Å²) in [6.07, 6.45) is 2.25. The molecule has 3 fully saturated rings. The van der Waals surface area contributed by atoms with Gasteiger partial charge in [0.2, 0.25) is 11.8 Å². The van der Waals surface area contributed by atoms with Crippen molar-refractivity contribution in [1.29, 1.82) is 0 Å².